The number of carbonyl (C=O) groups is 1. The lowest BCUT2D eigenvalue weighted by Gasteiger charge is -2.27. The molecule has 0 spiro atoms. The first-order valence-electron chi connectivity index (χ1n) is 15.7. The Kier molecular flexibility index (Phi) is 19.3. The van der Waals surface area contributed by atoms with Crippen molar-refractivity contribution in [2.45, 2.75) is 135 Å². The quantitative estimate of drug-likeness (QED) is 0.0588. The van der Waals surface area contributed by atoms with Crippen molar-refractivity contribution in [3.8, 4) is 0 Å². The number of rotatable bonds is 25. The number of unbranched alkanes of at least 4 members (excludes halogenated alkanes) is 15. The van der Waals surface area contributed by atoms with E-state index >= 15 is 0 Å². The topological polar surface area (TPSA) is 103 Å². The third-order valence-electron chi connectivity index (χ3n) is 8.06. The molecule has 2 aliphatic rings. The summed E-state index contributed by atoms with van der Waals surface area (Å²) in [7, 11) is -4.10. The lowest BCUT2D eigenvalue weighted by atomic mass is 9.80. The van der Waals surface area contributed by atoms with Crippen LogP contribution < -0.4 is 5.32 Å². The molecule has 0 saturated carbocycles. The average molecular weight is 641 g/mol. The number of amides is 1. The third-order valence-corrected chi connectivity index (χ3v) is 9.37. The van der Waals surface area contributed by atoms with E-state index in [4.69, 9.17) is 18.5 Å². The van der Waals surface area contributed by atoms with E-state index in [9.17, 15) is 14.3 Å². The minimum atomic E-state index is -4.10. The van der Waals surface area contributed by atoms with Gasteiger partial charge in [0.2, 0.25) is 0 Å². The van der Waals surface area contributed by atoms with Gasteiger partial charge in [-0.1, -0.05) is 119 Å². The Balaban J connectivity index is 1.42. The molecule has 0 aliphatic carbocycles. The van der Waals surface area contributed by atoms with Gasteiger partial charge in [-0.15, -0.1) is 0 Å². The second-order valence-electron chi connectivity index (χ2n) is 11.2. The number of fused-ring (bicyclic) bond motifs is 2. The smallest absolute Gasteiger partial charge is 0.449 e. The second kappa shape index (κ2) is 21.5. The van der Waals surface area contributed by atoms with Crippen molar-refractivity contribution in [2.24, 2.45) is 11.8 Å². The Bertz CT molecular complexity index is 686. The molecule has 0 aromatic carbocycles. The Hall–Kier alpha value is -0.180. The number of hydrogen-bond acceptors (Lipinski definition) is 6. The molecule has 0 radical (unpaired) electrons. The highest BCUT2D eigenvalue weighted by Gasteiger charge is 2.50. The van der Waals surface area contributed by atoms with E-state index in [1.807, 2.05) is 0 Å². The Morgan fingerprint density at radius 1 is 0.821 bits per heavy atom. The van der Waals surface area contributed by atoms with Crippen LogP contribution in [0.4, 0.5) is 4.79 Å². The highest BCUT2D eigenvalue weighted by molar-refractivity contribution is 9.09. The second-order valence-corrected chi connectivity index (χ2v) is 13.5. The molecule has 2 N–H and O–H groups in total. The number of ether oxygens (including phenoxy) is 2. The molecule has 5 atom stereocenters. The zero-order valence-electron chi connectivity index (χ0n) is 24.3. The number of alkyl carbamates (subject to hydrolysis) is 1. The summed E-state index contributed by atoms with van der Waals surface area (Å²) in [5, 5.41) is 3.30. The van der Waals surface area contributed by atoms with E-state index in [2.05, 4.69) is 28.2 Å². The number of nitrogens with one attached hydrogen (secondary N) is 1. The number of carbonyl (C=O) groups excluding carboxylic acids is 1. The van der Waals surface area contributed by atoms with Crippen LogP contribution in [0.25, 0.3) is 0 Å². The Morgan fingerprint density at radius 3 is 1.82 bits per heavy atom. The summed E-state index contributed by atoms with van der Waals surface area (Å²) < 4.78 is 33.5. The van der Waals surface area contributed by atoms with E-state index in [0.717, 1.165) is 25.7 Å². The van der Waals surface area contributed by atoms with Gasteiger partial charge < -0.3 is 19.7 Å². The van der Waals surface area contributed by atoms with Crippen molar-refractivity contribution < 1.29 is 32.8 Å². The van der Waals surface area contributed by atoms with Gasteiger partial charge in [0.1, 0.15) is 0 Å². The molecule has 2 heterocycles. The summed E-state index contributed by atoms with van der Waals surface area (Å²) in [6.07, 6.45) is 22.5. The van der Waals surface area contributed by atoms with E-state index in [-0.39, 0.29) is 43.9 Å². The molecule has 2 fully saturated rings. The highest BCUT2D eigenvalue weighted by atomic mass is 79.9. The van der Waals surface area contributed by atoms with Gasteiger partial charge in [0.05, 0.1) is 32.0 Å². The van der Waals surface area contributed by atoms with Crippen molar-refractivity contribution >= 4 is 29.8 Å². The standard InChI is InChI=1S/C29H55BrNO7P/c1-2-3-4-5-6-7-8-9-10-11-12-13-14-15-16-17-21-31-29(32)35-23-25-26(28-19-18-27(25)38-28)24-37-39(33,34)36-22-20-30/h25-28H,2-24H2,1H3,(H,31,32)(H,33,34)/t25-,26+,27-,28+/m1/s1. The number of phosphoric acid groups is 1. The fraction of sp³-hybridized carbons (Fsp3) is 0.966. The summed E-state index contributed by atoms with van der Waals surface area (Å²) >= 11 is 3.16. The van der Waals surface area contributed by atoms with E-state index in [1.165, 1.54) is 89.9 Å². The zero-order chi connectivity index (χ0) is 28.2. The van der Waals surface area contributed by atoms with Crippen LogP contribution in [0.2, 0.25) is 0 Å². The molecule has 1 unspecified atom stereocenters. The van der Waals surface area contributed by atoms with Gasteiger partial charge in [0, 0.05) is 23.7 Å². The molecule has 1 amide bonds. The predicted molar refractivity (Wildman–Crippen MR) is 159 cm³/mol. The van der Waals surface area contributed by atoms with Crippen LogP contribution in [-0.4, -0.2) is 54.9 Å². The molecule has 2 aliphatic heterocycles. The Labute approximate surface area is 245 Å². The Morgan fingerprint density at radius 2 is 1.31 bits per heavy atom. The lowest BCUT2D eigenvalue weighted by molar-refractivity contribution is 0.0699. The maximum absolute atomic E-state index is 12.2. The molecular weight excluding hydrogens is 585 g/mol. The van der Waals surface area contributed by atoms with E-state index < -0.39 is 13.9 Å². The van der Waals surface area contributed by atoms with Crippen LogP contribution >= 0.6 is 23.8 Å². The van der Waals surface area contributed by atoms with Gasteiger partial charge in [0.25, 0.3) is 0 Å². The summed E-state index contributed by atoms with van der Waals surface area (Å²) in [6.45, 7) is 3.25. The molecule has 0 aromatic heterocycles. The molecule has 8 nitrogen and oxygen atoms in total. The molecule has 2 saturated heterocycles. The van der Waals surface area contributed by atoms with Gasteiger partial charge in [-0.25, -0.2) is 9.36 Å². The largest absolute Gasteiger partial charge is 0.472 e. The average Bonchev–Trinajstić information content (AvgIpc) is 3.53. The molecule has 2 rings (SSSR count). The number of phosphoric ester groups is 1. The number of alkyl halides is 1. The highest BCUT2D eigenvalue weighted by Crippen LogP contribution is 2.48. The van der Waals surface area contributed by atoms with Crippen molar-refractivity contribution in [2.75, 3.05) is 31.7 Å². The predicted octanol–water partition coefficient (Wildman–Crippen LogP) is 8.30. The van der Waals surface area contributed by atoms with Gasteiger partial charge in [-0.3, -0.25) is 9.05 Å². The van der Waals surface area contributed by atoms with E-state index in [1.54, 1.807) is 0 Å². The summed E-state index contributed by atoms with van der Waals surface area (Å²) in [4.78, 5) is 22.0. The maximum Gasteiger partial charge on any atom is 0.472 e. The minimum Gasteiger partial charge on any atom is -0.449 e. The van der Waals surface area contributed by atoms with Crippen LogP contribution in [0.15, 0.2) is 0 Å². The van der Waals surface area contributed by atoms with Crippen LogP contribution in [-0.2, 0) is 23.1 Å². The summed E-state index contributed by atoms with van der Waals surface area (Å²) in [5.74, 6) is -0.133. The molecular formula is C29H55BrNO7P. The fourth-order valence-electron chi connectivity index (χ4n) is 5.79. The van der Waals surface area contributed by atoms with E-state index in [0.29, 0.717) is 11.9 Å². The summed E-state index contributed by atoms with van der Waals surface area (Å²) in [5.41, 5.74) is 0. The van der Waals surface area contributed by atoms with Crippen molar-refractivity contribution in [3.63, 3.8) is 0 Å². The monoisotopic (exact) mass is 639 g/mol. The fourth-order valence-corrected chi connectivity index (χ4v) is 6.96. The molecule has 230 valence electrons. The SMILES string of the molecule is CCCCCCCCCCCCCCCCCCNC(=O)OC[C@@H]1[C@H](COP(=O)(O)OCCBr)[C@@H]2CC[C@H]1O2. The van der Waals surface area contributed by atoms with Crippen LogP contribution in [0.5, 0.6) is 0 Å². The number of hydrogen-bond donors (Lipinski definition) is 2. The molecule has 0 aromatic rings. The molecule has 10 heteroatoms. The van der Waals surface area contributed by atoms with Gasteiger partial charge in [0.15, 0.2) is 0 Å². The maximum atomic E-state index is 12.2. The van der Waals surface area contributed by atoms with Crippen molar-refractivity contribution in [3.05, 3.63) is 0 Å². The van der Waals surface area contributed by atoms with Gasteiger partial charge >= 0.3 is 13.9 Å². The molecule has 39 heavy (non-hydrogen) atoms. The van der Waals surface area contributed by atoms with Crippen LogP contribution in [0.3, 0.4) is 0 Å². The van der Waals surface area contributed by atoms with Crippen molar-refractivity contribution in [1.29, 1.82) is 0 Å². The third kappa shape index (κ3) is 15.6. The minimum absolute atomic E-state index is 0.00161. The first kappa shape index (κ1) is 35.0. The van der Waals surface area contributed by atoms with Gasteiger partial charge in [-0.2, -0.15) is 0 Å². The number of halogens is 1. The lowest BCUT2D eigenvalue weighted by Crippen LogP contribution is -2.36. The van der Waals surface area contributed by atoms with Crippen LogP contribution in [0, 0.1) is 11.8 Å². The molecule has 2 bridgehead atoms. The zero-order valence-corrected chi connectivity index (χ0v) is 26.8. The normalized spacial score (nSPS) is 23.7. The first-order chi connectivity index (χ1) is 19.0. The first-order valence-corrected chi connectivity index (χ1v) is 18.3. The summed E-state index contributed by atoms with van der Waals surface area (Å²) in [6, 6.07) is 0. The van der Waals surface area contributed by atoms with Gasteiger partial charge in [-0.05, 0) is 19.3 Å². The van der Waals surface area contributed by atoms with Crippen molar-refractivity contribution in [1.82, 2.24) is 5.32 Å². The van der Waals surface area contributed by atoms with Crippen LogP contribution in [0.1, 0.15) is 122 Å².